The number of carbonyl (C=O) groups is 1. The third kappa shape index (κ3) is 5.04. The van der Waals surface area contributed by atoms with Gasteiger partial charge < -0.3 is 14.8 Å². The molecule has 0 atom stereocenters. The van der Waals surface area contributed by atoms with Crippen molar-refractivity contribution in [2.45, 2.75) is 17.7 Å². The lowest BCUT2D eigenvalue weighted by Gasteiger charge is -2.12. The summed E-state index contributed by atoms with van der Waals surface area (Å²) in [6.07, 6.45) is 0.718. The standard InChI is InChI=1S/C25H25N3O5S/c1-32-19-12-9-17(10-13-19)21-16-18(11-14-22(21)33-2)27-24(29)8-5-15-26-25-20-6-3-4-7-23(20)34(30,31)28-25/h3-4,6-7,9-14,16H,5,8,15H2,1-2H3,(H,26,28)(H,27,29). The fourth-order valence-electron chi connectivity index (χ4n) is 3.69. The van der Waals surface area contributed by atoms with Gasteiger partial charge in [0.25, 0.3) is 10.0 Å². The van der Waals surface area contributed by atoms with E-state index in [2.05, 4.69) is 15.0 Å². The second-order valence-corrected chi connectivity index (χ2v) is 9.28. The number of aliphatic imine (C=N–C) groups is 1. The number of nitrogens with one attached hydrogen (secondary N) is 2. The van der Waals surface area contributed by atoms with Gasteiger partial charge in [0, 0.05) is 29.8 Å². The smallest absolute Gasteiger partial charge is 0.263 e. The van der Waals surface area contributed by atoms with Gasteiger partial charge in [0.15, 0.2) is 0 Å². The Morgan fingerprint density at radius 3 is 2.47 bits per heavy atom. The Labute approximate surface area is 198 Å². The number of rotatable bonds is 8. The van der Waals surface area contributed by atoms with E-state index in [4.69, 9.17) is 9.47 Å². The second-order valence-electron chi connectivity index (χ2n) is 7.63. The van der Waals surface area contributed by atoms with E-state index in [1.54, 1.807) is 44.6 Å². The Kier molecular flexibility index (Phi) is 6.83. The van der Waals surface area contributed by atoms with Crippen molar-refractivity contribution in [1.29, 1.82) is 0 Å². The average molecular weight is 480 g/mol. The topological polar surface area (TPSA) is 106 Å². The van der Waals surface area contributed by atoms with Crippen LogP contribution >= 0.6 is 0 Å². The number of anilines is 1. The summed E-state index contributed by atoms with van der Waals surface area (Å²) in [7, 11) is -0.347. The van der Waals surface area contributed by atoms with Crippen molar-refractivity contribution >= 4 is 27.5 Å². The molecule has 1 amide bonds. The molecule has 0 aliphatic carbocycles. The molecule has 0 bridgehead atoms. The van der Waals surface area contributed by atoms with Crippen LogP contribution in [0.2, 0.25) is 0 Å². The van der Waals surface area contributed by atoms with E-state index in [1.165, 1.54) is 0 Å². The fraction of sp³-hybridized carbons (Fsp3) is 0.200. The summed E-state index contributed by atoms with van der Waals surface area (Å²) in [4.78, 5) is 17.0. The molecule has 34 heavy (non-hydrogen) atoms. The summed E-state index contributed by atoms with van der Waals surface area (Å²) in [6.45, 7) is 0.319. The molecule has 3 aromatic carbocycles. The molecule has 9 heteroatoms. The molecule has 2 N–H and O–H groups in total. The maximum Gasteiger partial charge on any atom is 0.263 e. The van der Waals surface area contributed by atoms with Gasteiger partial charge >= 0.3 is 0 Å². The third-order valence-electron chi connectivity index (χ3n) is 5.38. The number of hydrogen-bond acceptors (Lipinski definition) is 6. The zero-order chi connectivity index (χ0) is 24.1. The van der Waals surface area contributed by atoms with Crippen LogP contribution < -0.4 is 19.5 Å². The van der Waals surface area contributed by atoms with E-state index in [9.17, 15) is 13.2 Å². The molecule has 0 spiro atoms. The summed E-state index contributed by atoms with van der Waals surface area (Å²) in [6, 6.07) is 19.7. The highest BCUT2D eigenvalue weighted by Gasteiger charge is 2.29. The number of benzene rings is 3. The Hall–Kier alpha value is -3.85. The Morgan fingerprint density at radius 2 is 1.74 bits per heavy atom. The van der Waals surface area contributed by atoms with E-state index in [1.807, 2.05) is 36.4 Å². The van der Waals surface area contributed by atoms with Gasteiger partial charge in [-0.2, -0.15) is 0 Å². The molecule has 176 valence electrons. The van der Waals surface area contributed by atoms with Gasteiger partial charge in [0.1, 0.15) is 17.3 Å². The zero-order valence-corrected chi connectivity index (χ0v) is 19.7. The Balaban J connectivity index is 1.38. The highest BCUT2D eigenvalue weighted by Crippen LogP contribution is 2.33. The molecule has 0 saturated heterocycles. The monoisotopic (exact) mass is 479 g/mol. The molecule has 0 fully saturated rings. The highest BCUT2D eigenvalue weighted by atomic mass is 32.2. The molecule has 0 aromatic heterocycles. The van der Waals surface area contributed by atoms with Crippen LogP contribution in [0.3, 0.4) is 0 Å². The van der Waals surface area contributed by atoms with Crippen LogP contribution in [0, 0.1) is 0 Å². The maximum absolute atomic E-state index is 12.5. The van der Waals surface area contributed by atoms with Crippen molar-refractivity contribution in [2.75, 3.05) is 26.1 Å². The molecular weight excluding hydrogens is 454 g/mol. The van der Waals surface area contributed by atoms with Crippen molar-refractivity contribution in [1.82, 2.24) is 4.72 Å². The van der Waals surface area contributed by atoms with Gasteiger partial charge in [-0.1, -0.05) is 24.3 Å². The summed E-state index contributed by atoms with van der Waals surface area (Å²) in [5.41, 5.74) is 2.99. The Morgan fingerprint density at radius 1 is 0.971 bits per heavy atom. The summed E-state index contributed by atoms with van der Waals surface area (Å²) in [5, 5.41) is 2.90. The van der Waals surface area contributed by atoms with E-state index < -0.39 is 10.0 Å². The molecule has 1 heterocycles. The Bertz CT molecular complexity index is 1330. The molecule has 0 unspecified atom stereocenters. The quantitative estimate of drug-likeness (QED) is 0.478. The fourth-order valence-corrected chi connectivity index (χ4v) is 4.94. The highest BCUT2D eigenvalue weighted by molar-refractivity contribution is 7.90. The molecule has 3 aromatic rings. The van der Waals surface area contributed by atoms with Gasteiger partial charge in [0.2, 0.25) is 5.91 Å². The lowest BCUT2D eigenvalue weighted by Crippen LogP contribution is -2.22. The predicted octanol–water partition coefficient (Wildman–Crippen LogP) is 3.83. The SMILES string of the molecule is COc1ccc(-c2cc(NC(=O)CCCN=C3NS(=O)(=O)c4ccccc43)ccc2OC)cc1. The number of sulfonamides is 1. The molecule has 4 rings (SSSR count). The van der Waals surface area contributed by atoms with E-state index in [0.717, 1.165) is 16.9 Å². The first-order valence-corrected chi connectivity index (χ1v) is 12.2. The minimum absolute atomic E-state index is 0.154. The first-order valence-electron chi connectivity index (χ1n) is 10.7. The number of fused-ring (bicyclic) bond motifs is 1. The van der Waals surface area contributed by atoms with Crippen molar-refractivity contribution in [3.05, 3.63) is 72.3 Å². The minimum Gasteiger partial charge on any atom is -0.497 e. The maximum atomic E-state index is 12.5. The van der Waals surface area contributed by atoms with E-state index in [-0.39, 0.29) is 17.2 Å². The van der Waals surface area contributed by atoms with Crippen LogP contribution in [0.25, 0.3) is 11.1 Å². The number of nitrogens with zero attached hydrogens (tertiary/aromatic N) is 1. The van der Waals surface area contributed by atoms with Crippen LogP contribution in [0.15, 0.2) is 76.6 Å². The van der Waals surface area contributed by atoms with Crippen molar-refractivity contribution in [3.8, 4) is 22.6 Å². The number of amidine groups is 1. The van der Waals surface area contributed by atoms with Crippen molar-refractivity contribution < 1.29 is 22.7 Å². The second kappa shape index (κ2) is 9.96. The number of carbonyl (C=O) groups excluding carboxylic acids is 1. The predicted molar refractivity (Wildman–Crippen MR) is 131 cm³/mol. The van der Waals surface area contributed by atoms with Gasteiger partial charge in [0.05, 0.1) is 19.1 Å². The third-order valence-corrected chi connectivity index (χ3v) is 6.78. The molecular formula is C25H25N3O5S. The summed E-state index contributed by atoms with van der Waals surface area (Å²) < 4.78 is 37.4. The molecule has 1 aliphatic rings. The van der Waals surface area contributed by atoms with Crippen LogP contribution in [0.4, 0.5) is 5.69 Å². The first-order chi connectivity index (χ1) is 16.4. The largest absolute Gasteiger partial charge is 0.497 e. The van der Waals surface area contributed by atoms with Crippen LogP contribution in [-0.4, -0.2) is 40.9 Å². The van der Waals surface area contributed by atoms with Crippen LogP contribution in [0.1, 0.15) is 18.4 Å². The van der Waals surface area contributed by atoms with Gasteiger partial charge in [-0.25, -0.2) is 8.42 Å². The lowest BCUT2D eigenvalue weighted by molar-refractivity contribution is -0.116. The number of hydrogen-bond donors (Lipinski definition) is 2. The number of amides is 1. The number of methoxy groups -OCH3 is 2. The normalized spacial score (nSPS) is 14.8. The first kappa shape index (κ1) is 23.3. The summed E-state index contributed by atoms with van der Waals surface area (Å²) in [5.74, 6) is 1.61. The lowest BCUT2D eigenvalue weighted by atomic mass is 10.0. The van der Waals surface area contributed by atoms with Gasteiger partial charge in [-0.15, -0.1) is 0 Å². The molecule has 1 aliphatic heterocycles. The van der Waals surface area contributed by atoms with E-state index in [0.29, 0.717) is 35.8 Å². The average Bonchev–Trinajstić information content (AvgIpc) is 3.12. The zero-order valence-electron chi connectivity index (χ0n) is 18.9. The van der Waals surface area contributed by atoms with Gasteiger partial charge in [-0.05, 0) is 54.4 Å². The van der Waals surface area contributed by atoms with E-state index >= 15 is 0 Å². The summed E-state index contributed by atoms with van der Waals surface area (Å²) >= 11 is 0. The molecule has 8 nitrogen and oxygen atoms in total. The number of ether oxygens (including phenoxy) is 2. The van der Waals surface area contributed by atoms with Crippen molar-refractivity contribution in [3.63, 3.8) is 0 Å². The van der Waals surface area contributed by atoms with Gasteiger partial charge in [-0.3, -0.25) is 14.5 Å². The van der Waals surface area contributed by atoms with Crippen molar-refractivity contribution in [2.24, 2.45) is 4.99 Å². The molecule has 0 saturated carbocycles. The molecule has 0 radical (unpaired) electrons. The van der Waals surface area contributed by atoms with Crippen LogP contribution in [0.5, 0.6) is 11.5 Å². The minimum atomic E-state index is -3.56. The van der Waals surface area contributed by atoms with Crippen LogP contribution in [-0.2, 0) is 14.8 Å².